The molecule has 0 spiro atoms. The summed E-state index contributed by atoms with van der Waals surface area (Å²) in [5.41, 5.74) is -0.197. The molecule has 0 atom stereocenters. The third-order valence-electron chi connectivity index (χ3n) is 2.45. The first-order valence-corrected chi connectivity index (χ1v) is 6.41. The number of aromatic amines is 1. The Balaban J connectivity index is 1.85. The highest BCUT2D eigenvalue weighted by molar-refractivity contribution is 7.99. The van der Waals surface area contributed by atoms with E-state index < -0.39 is 0 Å². The topological polar surface area (TPSA) is 78.1 Å². The van der Waals surface area contributed by atoms with E-state index >= 15 is 0 Å². The van der Waals surface area contributed by atoms with Crippen LogP contribution in [-0.2, 0) is 4.79 Å². The van der Waals surface area contributed by atoms with E-state index in [1.54, 1.807) is 0 Å². The Morgan fingerprint density at radius 3 is 2.94 bits per heavy atom. The first kappa shape index (κ1) is 12.1. The first-order chi connectivity index (χ1) is 8.25. The largest absolute Gasteiger partial charge is 0.339 e. The Bertz CT molecular complexity index is 442. The average molecular weight is 254 g/mol. The van der Waals surface area contributed by atoms with Crippen molar-refractivity contribution in [3.8, 4) is 0 Å². The van der Waals surface area contributed by atoms with Crippen molar-refractivity contribution >= 4 is 17.7 Å². The normalized spacial score (nSPS) is 15.9. The number of nitrogens with zero attached hydrogens (tertiary/aromatic N) is 2. The predicted molar refractivity (Wildman–Crippen MR) is 65.0 cm³/mol. The van der Waals surface area contributed by atoms with E-state index in [0.29, 0.717) is 10.9 Å². The predicted octanol–water partition coefficient (Wildman–Crippen LogP) is -0.706. The molecule has 0 unspecified atom stereocenters. The van der Waals surface area contributed by atoms with Crippen LogP contribution < -0.4 is 10.9 Å². The molecule has 1 aliphatic heterocycles. The molecular formula is C10H14N4O2S. The molecule has 0 radical (unpaired) electrons. The molecule has 17 heavy (non-hydrogen) atoms. The van der Waals surface area contributed by atoms with Gasteiger partial charge in [-0.2, -0.15) is 0 Å². The molecule has 2 rings (SSSR count). The monoisotopic (exact) mass is 254 g/mol. The van der Waals surface area contributed by atoms with Crippen LogP contribution in [0.25, 0.3) is 0 Å². The zero-order chi connectivity index (χ0) is 12.1. The molecule has 0 aliphatic carbocycles. The lowest BCUT2D eigenvalue weighted by atomic mass is 10.3. The molecule has 0 saturated carbocycles. The van der Waals surface area contributed by atoms with E-state index in [4.69, 9.17) is 0 Å². The van der Waals surface area contributed by atoms with E-state index in [1.165, 1.54) is 24.0 Å². The van der Waals surface area contributed by atoms with Gasteiger partial charge in [-0.3, -0.25) is 9.59 Å². The standard InChI is InChI=1S/C10H14N4O2S/c15-8-1-2-12-10(13-8)17-7-9(16)14-5-3-11-4-6-14/h1-2,11H,3-7H2,(H,12,13,15). The first-order valence-electron chi connectivity index (χ1n) is 5.42. The summed E-state index contributed by atoms with van der Waals surface area (Å²) in [5.74, 6) is 0.399. The third-order valence-corrected chi connectivity index (χ3v) is 3.32. The molecule has 1 aliphatic rings. The molecule has 92 valence electrons. The minimum absolute atomic E-state index is 0.0861. The highest BCUT2D eigenvalue weighted by Crippen LogP contribution is 2.11. The Kier molecular flexibility index (Phi) is 4.16. The van der Waals surface area contributed by atoms with Gasteiger partial charge in [0.25, 0.3) is 5.56 Å². The van der Waals surface area contributed by atoms with Gasteiger partial charge in [-0.15, -0.1) is 0 Å². The fourth-order valence-electron chi connectivity index (χ4n) is 1.56. The van der Waals surface area contributed by atoms with Crippen LogP contribution >= 0.6 is 11.8 Å². The smallest absolute Gasteiger partial charge is 0.251 e. The van der Waals surface area contributed by atoms with Gasteiger partial charge in [0.2, 0.25) is 5.91 Å². The zero-order valence-corrected chi connectivity index (χ0v) is 10.1. The number of amides is 1. The third kappa shape index (κ3) is 3.57. The lowest BCUT2D eigenvalue weighted by molar-refractivity contribution is -0.128. The zero-order valence-electron chi connectivity index (χ0n) is 9.31. The van der Waals surface area contributed by atoms with Crippen molar-refractivity contribution in [2.75, 3.05) is 31.9 Å². The SMILES string of the molecule is O=C(CSc1nccc(=O)[nH]1)N1CCNCC1. The molecule has 1 amide bonds. The summed E-state index contributed by atoms with van der Waals surface area (Å²) in [7, 11) is 0. The number of aromatic nitrogens is 2. The van der Waals surface area contributed by atoms with E-state index in [0.717, 1.165) is 26.2 Å². The molecule has 1 saturated heterocycles. The number of thioether (sulfide) groups is 1. The van der Waals surface area contributed by atoms with Gasteiger partial charge in [0.1, 0.15) is 0 Å². The Morgan fingerprint density at radius 1 is 1.47 bits per heavy atom. The summed E-state index contributed by atoms with van der Waals surface area (Å²) in [5, 5.41) is 3.68. The molecule has 7 heteroatoms. The second-order valence-electron chi connectivity index (χ2n) is 3.66. The highest BCUT2D eigenvalue weighted by Gasteiger charge is 2.16. The highest BCUT2D eigenvalue weighted by atomic mass is 32.2. The van der Waals surface area contributed by atoms with Crippen LogP contribution in [0.3, 0.4) is 0 Å². The molecule has 6 nitrogen and oxygen atoms in total. The number of nitrogens with one attached hydrogen (secondary N) is 2. The number of carbonyl (C=O) groups excluding carboxylic acids is 1. The second-order valence-corrected chi connectivity index (χ2v) is 4.62. The quantitative estimate of drug-likeness (QED) is 0.550. The number of H-pyrrole nitrogens is 1. The fourth-order valence-corrected chi connectivity index (χ4v) is 2.31. The maximum absolute atomic E-state index is 11.8. The van der Waals surface area contributed by atoms with Gasteiger partial charge >= 0.3 is 0 Å². The van der Waals surface area contributed by atoms with Crippen molar-refractivity contribution in [3.63, 3.8) is 0 Å². The lowest BCUT2D eigenvalue weighted by Crippen LogP contribution is -2.47. The van der Waals surface area contributed by atoms with Crippen LogP contribution in [0, 0.1) is 0 Å². The molecule has 0 aromatic carbocycles. The number of carbonyl (C=O) groups is 1. The van der Waals surface area contributed by atoms with Crippen molar-refractivity contribution in [3.05, 3.63) is 22.6 Å². The van der Waals surface area contributed by atoms with Crippen LogP contribution in [0.1, 0.15) is 0 Å². The van der Waals surface area contributed by atoms with Gasteiger partial charge in [0.05, 0.1) is 5.75 Å². The molecule has 1 aromatic rings. The molecule has 1 fully saturated rings. The Labute approximate surface area is 103 Å². The molecule has 1 aromatic heterocycles. The van der Waals surface area contributed by atoms with E-state index in [1.807, 2.05) is 4.90 Å². The van der Waals surface area contributed by atoms with Crippen molar-refractivity contribution in [1.29, 1.82) is 0 Å². The molecule has 2 heterocycles. The van der Waals surface area contributed by atoms with E-state index in [-0.39, 0.29) is 11.5 Å². The van der Waals surface area contributed by atoms with Crippen LogP contribution in [0.2, 0.25) is 0 Å². The van der Waals surface area contributed by atoms with Gasteiger partial charge in [-0.1, -0.05) is 11.8 Å². The van der Waals surface area contributed by atoms with Gasteiger partial charge < -0.3 is 15.2 Å². The number of rotatable bonds is 3. The summed E-state index contributed by atoms with van der Waals surface area (Å²) in [4.78, 5) is 31.2. The number of piperazine rings is 1. The average Bonchev–Trinajstić information content (AvgIpc) is 2.37. The van der Waals surface area contributed by atoms with Gasteiger partial charge in [0.15, 0.2) is 5.16 Å². The fraction of sp³-hybridized carbons (Fsp3) is 0.500. The van der Waals surface area contributed by atoms with Crippen LogP contribution in [0.15, 0.2) is 22.2 Å². The minimum Gasteiger partial charge on any atom is -0.339 e. The molecule has 0 bridgehead atoms. The van der Waals surface area contributed by atoms with Gasteiger partial charge in [-0.25, -0.2) is 4.98 Å². The Hall–Kier alpha value is -1.34. The maximum atomic E-state index is 11.8. The number of hydrogen-bond donors (Lipinski definition) is 2. The summed E-state index contributed by atoms with van der Waals surface area (Å²) in [6.45, 7) is 3.18. The van der Waals surface area contributed by atoms with E-state index in [2.05, 4.69) is 15.3 Å². The molecular weight excluding hydrogens is 240 g/mol. The van der Waals surface area contributed by atoms with Crippen molar-refractivity contribution < 1.29 is 4.79 Å². The summed E-state index contributed by atoms with van der Waals surface area (Å²) < 4.78 is 0. The van der Waals surface area contributed by atoms with Gasteiger partial charge in [-0.05, 0) is 0 Å². The lowest BCUT2D eigenvalue weighted by Gasteiger charge is -2.27. The Morgan fingerprint density at radius 2 is 2.24 bits per heavy atom. The minimum atomic E-state index is -0.197. The van der Waals surface area contributed by atoms with Crippen LogP contribution in [-0.4, -0.2) is 52.7 Å². The van der Waals surface area contributed by atoms with Crippen LogP contribution in [0.5, 0.6) is 0 Å². The summed E-state index contributed by atoms with van der Waals surface area (Å²) in [6.07, 6.45) is 1.44. The van der Waals surface area contributed by atoms with Crippen LogP contribution in [0.4, 0.5) is 0 Å². The van der Waals surface area contributed by atoms with Crippen molar-refractivity contribution in [1.82, 2.24) is 20.2 Å². The maximum Gasteiger partial charge on any atom is 0.251 e. The summed E-state index contributed by atoms with van der Waals surface area (Å²) in [6, 6.07) is 1.35. The van der Waals surface area contributed by atoms with Crippen molar-refractivity contribution in [2.24, 2.45) is 0 Å². The second kappa shape index (κ2) is 5.83. The van der Waals surface area contributed by atoms with Gasteiger partial charge in [0, 0.05) is 38.4 Å². The summed E-state index contributed by atoms with van der Waals surface area (Å²) >= 11 is 1.26. The van der Waals surface area contributed by atoms with E-state index in [9.17, 15) is 9.59 Å². The van der Waals surface area contributed by atoms with Crippen molar-refractivity contribution in [2.45, 2.75) is 5.16 Å². The number of hydrogen-bond acceptors (Lipinski definition) is 5. The molecule has 2 N–H and O–H groups in total.